The van der Waals surface area contributed by atoms with Crippen LogP contribution in [0, 0.1) is 0 Å². The van der Waals surface area contributed by atoms with E-state index in [2.05, 4.69) is 10.9 Å². The Morgan fingerprint density at radius 3 is 2.39 bits per heavy atom. The predicted octanol–water partition coefficient (Wildman–Crippen LogP) is 3.95. The Morgan fingerprint density at radius 2 is 1.61 bits per heavy atom. The molecule has 1 aromatic heterocycles. The lowest BCUT2D eigenvalue weighted by atomic mass is 10.0. The van der Waals surface area contributed by atoms with E-state index in [1.165, 1.54) is 0 Å². The average Bonchev–Trinajstić information content (AvgIpc) is 3.26. The molecule has 2 N–H and O–H groups in total. The van der Waals surface area contributed by atoms with Crippen molar-refractivity contribution in [3.8, 4) is 28.4 Å². The lowest BCUT2D eigenvalue weighted by Crippen LogP contribution is -2.41. The Labute approximate surface area is 189 Å². The van der Waals surface area contributed by atoms with Crippen LogP contribution in [0.15, 0.2) is 71.1 Å². The van der Waals surface area contributed by atoms with Crippen LogP contribution >= 0.6 is 0 Å². The van der Waals surface area contributed by atoms with Gasteiger partial charge in [0, 0.05) is 22.6 Å². The van der Waals surface area contributed by atoms with E-state index >= 15 is 0 Å². The molecule has 0 bridgehead atoms. The van der Waals surface area contributed by atoms with Gasteiger partial charge in [-0.2, -0.15) is 0 Å². The van der Waals surface area contributed by atoms with Crippen molar-refractivity contribution in [1.82, 2.24) is 10.9 Å². The molecule has 1 aliphatic rings. The molecule has 8 nitrogen and oxygen atoms in total. The molecule has 8 heteroatoms. The summed E-state index contributed by atoms with van der Waals surface area (Å²) in [5, 5.41) is 0.755. The van der Waals surface area contributed by atoms with E-state index in [9.17, 15) is 9.59 Å². The second kappa shape index (κ2) is 8.58. The summed E-state index contributed by atoms with van der Waals surface area (Å²) in [5.74, 6) is 0.654. The third-order valence-corrected chi connectivity index (χ3v) is 5.26. The summed E-state index contributed by atoms with van der Waals surface area (Å²) >= 11 is 0. The van der Waals surface area contributed by atoms with Gasteiger partial charge in [-0.05, 0) is 35.9 Å². The molecule has 0 saturated carbocycles. The highest BCUT2D eigenvalue weighted by Gasteiger charge is 2.23. The Hall–Kier alpha value is -4.46. The number of rotatable bonds is 4. The average molecular weight is 444 g/mol. The zero-order valence-corrected chi connectivity index (χ0v) is 17.7. The summed E-state index contributed by atoms with van der Waals surface area (Å²) in [6.07, 6.45) is 0. The molecule has 0 atom stereocenters. The molecular weight excluding hydrogens is 424 g/mol. The minimum absolute atomic E-state index is 0.0759. The summed E-state index contributed by atoms with van der Waals surface area (Å²) in [5.41, 5.74) is 7.12. The van der Waals surface area contributed by atoms with Gasteiger partial charge in [-0.15, -0.1) is 0 Å². The van der Waals surface area contributed by atoms with Gasteiger partial charge in [-0.25, -0.2) is 0 Å². The van der Waals surface area contributed by atoms with E-state index in [1.807, 2.05) is 36.4 Å². The number of hydrogen-bond acceptors (Lipinski definition) is 6. The lowest BCUT2D eigenvalue weighted by Gasteiger charge is -2.18. The van der Waals surface area contributed by atoms with Crippen LogP contribution in [-0.4, -0.2) is 32.1 Å². The van der Waals surface area contributed by atoms with Gasteiger partial charge in [-0.1, -0.05) is 30.3 Å². The molecule has 166 valence electrons. The summed E-state index contributed by atoms with van der Waals surface area (Å²) in [7, 11) is 1.56. The fourth-order valence-corrected chi connectivity index (χ4v) is 3.68. The van der Waals surface area contributed by atoms with Gasteiger partial charge in [0.15, 0.2) is 11.5 Å². The zero-order chi connectivity index (χ0) is 22.8. The molecule has 3 aromatic carbocycles. The highest BCUT2D eigenvalue weighted by molar-refractivity contribution is 6.09. The van der Waals surface area contributed by atoms with E-state index < -0.39 is 11.8 Å². The van der Waals surface area contributed by atoms with Crippen molar-refractivity contribution in [3.05, 3.63) is 78.1 Å². The van der Waals surface area contributed by atoms with Crippen LogP contribution in [0.25, 0.3) is 22.1 Å². The van der Waals surface area contributed by atoms with Gasteiger partial charge in [0.1, 0.15) is 24.5 Å². The van der Waals surface area contributed by atoms with Crippen molar-refractivity contribution in [2.45, 2.75) is 0 Å². The number of methoxy groups -OCH3 is 1. The number of nitrogens with one attached hydrogen (secondary N) is 2. The summed E-state index contributed by atoms with van der Waals surface area (Å²) < 4.78 is 22.1. The van der Waals surface area contributed by atoms with Crippen LogP contribution in [0.3, 0.4) is 0 Å². The first-order valence-electron chi connectivity index (χ1n) is 10.3. The molecule has 0 saturated heterocycles. The first kappa shape index (κ1) is 20.4. The van der Waals surface area contributed by atoms with Crippen molar-refractivity contribution in [2.24, 2.45) is 0 Å². The molecule has 0 radical (unpaired) electrons. The number of fused-ring (bicyclic) bond motifs is 2. The second-order valence-corrected chi connectivity index (χ2v) is 7.30. The Morgan fingerprint density at radius 1 is 0.848 bits per heavy atom. The fourth-order valence-electron chi connectivity index (χ4n) is 3.68. The maximum absolute atomic E-state index is 13.0. The number of amides is 2. The number of carbonyl (C=O) groups excluding carboxylic acids is 2. The molecule has 2 amide bonds. The summed E-state index contributed by atoms with van der Waals surface area (Å²) in [6, 6.07) is 19.6. The van der Waals surface area contributed by atoms with Crippen LogP contribution in [0.5, 0.6) is 17.2 Å². The van der Waals surface area contributed by atoms with Crippen molar-refractivity contribution < 1.29 is 28.2 Å². The number of furan rings is 1. The number of hydrogen-bond donors (Lipinski definition) is 2. The Balaban J connectivity index is 1.42. The van der Waals surface area contributed by atoms with Crippen LogP contribution in [-0.2, 0) is 0 Å². The molecule has 0 fully saturated rings. The van der Waals surface area contributed by atoms with Crippen molar-refractivity contribution in [1.29, 1.82) is 0 Å². The number of hydrazine groups is 1. The van der Waals surface area contributed by atoms with E-state index in [0.29, 0.717) is 47.2 Å². The summed E-state index contributed by atoms with van der Waals surface area (Å²) in [6.45, 7) is 0.871. The highest BCUT2D eigenvalue weighted by atomic mass is 16.6. The lowest BCUT2D eigenvalue weighted by molar-refractivity contribution is 0.0832. The molecule has 4 aromatic rings. The minimum Gasteiger partial charge on any atom is -0.497 e. The Bertz CT molecular complexity index is 1350. The van der Waals surface area contributed by atoms with Gasteiger partial charge in [0.2, 0.25) is 5.76 Å². The first-order valence-corrected chi connectivity index (χ1v) is 10.3. The third kappa shape index (κ3) is 3.94. The van der Waals surface area contributed by atoms with Crippen LogP contribution in [0.4, 0.5) is 0 Å². The van der Waals surface area contributed by atoms with Gasteiger partial charge in [-0.3, -0.25) is 20.4 Å². The van der Waals surface area contributed by atoms with Crippen LogP contribution in [0.1, 0.15) is 20.9 Å². The quantitative estimate of drug-likeness (QED) is 0.463. The normalized spacial score (nSPS) is 12.3. The molecule has 1 aliphatic heterocycles. The summed E-state index contributed by atoms with van der Waals surface area (Å²) in [4.78, 5) is 25.6. The number of benzene rings is 3. The van der Waals surface area contributed by atoms with Crippen molar-refractivity contribution in [2.75, 3.05) is 20.3 Å². The van der Waals surface area contributed by atoms with Crippen molar-refractivity contribution in [3.63, 3.8) is 0 Å². The number of ether oxygens (including phenoxy) is 3. The SMILES string of the molecule is COc1ccc2c(-c3ccccc3)c(C(=O)NNC(=O)c3ccc4c(c3)OCCO4)oc2c1. The molecule has 5 rings (SSSR count). The molecule has 0 aliphatic carbocycles. The number of carbonyl (C=O) groups is 2. The van der Waals surface area contributed by atoms with Gasteiger partial charge in [0.05, 0.1) is 7.11 Å². The highest BCUT2D eigenvalue weighted by Crippen LogP contribution is 2.36. The van der Waals surface area contributed by atoms with Crippen LogP contribution < -0.4 is 25.1 Å². The van der Waals surface area contributed by atoms with E-state index in [4.69, 9.17) is 18.6 Å². The zero-order valence-electron chi connectivity index (χ0n) is 17.7. The minimum atomic E-state index is -0.588. The topological polar surface area (TPSA) is 99.0 Å². The predicted molar refractivity (Wildman–Crippen MR) is 121 cm³/mol. The maximum Gasteiger partial charge on any atom is 0.306 e. The first-order chi connectivity index (χ1) is 16.1. The standard InChI is InChI=1S/C25H20N2O6/c1-30-17-8-9-18-20(14-17)33-23(22(18)15-5-3-2-4-6-15)25(29)27-26-24(28)16-7-10-19-21(13-16)32-12-11-31-19/h2-10,13-14H,11-12H2,1H3,(H,26,28)(H,27,29). The maximum atomic E-state index is 13.0. The molecular formula is C25H20N2O6. The molecule has 0 unspecified atom stereocenters. The van der Waals surface area contributed by atoms with Gasteiger partial charge < -0.3 is 18.6 Å². The molecule has 33 heavy (non-hydrogen) atoms. The van der Waals surface area contributed by atoms with Crippen LogP contribution in [0.2, 0.25) is 0 Å². The van der Waals surface area contributed by atoms with Crippen molar-refractivity contribution >= 4 is 22.8 Å². The van der Waals surface area contributed by atoms with E-state index in [0.717, 1.165) is 10.9 Å². The van der Waals surface area contributed by atoms with E-state index in [1.54, 1.807) is 37.4 Å². The second-order valence-electron chi connectivity index (χ2n) is 7.30. The molecule has 0 spiro atoms. The van der Waals surface area contributed by atoms with Gasteiger partial charge >= 0.3 is 5.91 Å². The van der Waals surface area contributed by atoms with Gasteiger partial charge in [0.25, 0.3) is 5.91 Å². The fraction of sp³-hybridized carbons (Fsp3) is 0.120. The van der Waals surface area contributed by atoms with E-state index in [-0.39, 0.29) is 5.76 Å². The molecule has 2 heterocycles. The smallest absolute Gasteiger partial charge is 0.306 e. The third-order valence-electron chi connectivity index (χ3n) is 5.26. The monoisotopic (exact) mass is 444 g/mol. The largest absolute Gasteiger partial charge is 0.497 e. The Kier molecular flexibility index (Phi) is 5.32.